The van der Waals surface area contributed by atoms with Gasteiger partial charge in [0.2, 0.25) is 5.91 Å². The van der Waals surface area contributed by atoms with Gasteiger partial charge < -0.3 is 10.6 Å². The van der Waals surface area contributed by atoms with Crippen LogP contribution in [0.1, 0.15) is 24.0 Å². The predicted molar refractivity (Wildman–Crippen MR) is 102 cm³/mol. The monoisotopic (exact) mass is 335 g/mol. The molecule has 2 N–H and O–H groups in total. The normalized spacial score (nSPS) is 19.9. The molecule has 130 valence electrons. The summed E-state index contributed by atoms with van der Waals surface area (Å²) in [5, 5.41) is 6.58. The number of piperidine rings is 1. The summed E-state index contributed by atoms with van der Waals surface area (Å²) >= 11 is 0. The van der Waals surface area contributed by atoms with Crippen molar-refractivity contribution in [2.45, 2.75) is 25.8 Å². The molecular weight excluding hydrogens is 310 g/mol. The van der Waals surface area contributed by atoms with Crippen LogP contribution in [0, 0.1) is 5.92 Å². The Hall–Kier alpha value is -2.33. The Balaban J connectivity index is 1.40. The molecule has 4 rings (SSSR count). The van der Waals surface area contributed by atoms with E-state index in [9.17, 15) is 4.79 Å². The van der Waals surface area contributed by atoms with Crippen LogP contribution >= 0.6 is 0 Å². The van der Waals surface area contributed by atoms with Gasteiger partial charge in [-0.2, -0.15) is 0 Å². The fourth-order valence-electron chi connectivity index (χ4n) is 3.96. The van der Waals surface area contributed by atoms with E-state index in [2.05, 4.69) is 33.7 Å². The SMILES string of the molecule is O=C(Nc1ccccc1)C1CCCN(Cc2cccc3c2NCC3)C1. The van der Waals surface area contributed by atoms with Gasteiger partial charge >= 0.3 is 0 Å². The van der Waals surface area contributed by atoms with Gasteiger partial charge in [-0.3, -0.25) is 9.69 Å². The summed E-state index contributed by atoms with van der Waals surface area (Å²) in [6.45, 7) is 3.86. The Bertz CT molecular complexity index is 744. The Kier molecular flexibility index (Phi) is 4.70. The van der Waals surface area contributed by atoms with Crippen LogP contribution in [0.3, 0.4) is 0 Å². The van der Waals surface area contributed by atoms with Crippen LogP contribution in [0.25, 0.3) is 0 Å². The largest absolute Gasteiger partial charge is 0.384 e. The molecule has 0 bridgehead atoms. The molecule has 0 aromatic heterocycles. The molecule has 4 nitrogen and oxygen atoms in total. The molecular formula is C21H25N3O. The van der Waals surface area contributed by atoms with Gasteiger partial charge in [0, 0.05) is 31.0 Å². The van der Waals surface area contributed by atoms with Gasteiger partial charge in [0.05, 0.1) is 5.92 Å². The number of hydrogen-bond donors (Lipinski definition) is 2. The second-order valence-electron chi connectivity index (χ2n) is 7.06. The summed E-state index contributed by atoms with van der Waals surface area (Å²) in [7, 11) is 0. The summed E-state index contributed by atoms with van der Waals surface area (Å²) in [6.07, 6.45) is 3.17. The van der Waals surface area contributed by atoms with E-state index in [-0.39, 0.29) is 11.8 Å². The van der Waals surface area contributed by atoms with Crippen molar-refractivity contribution in [3.8, 4) is 0 Å². The van der Waals surface area contributed by atoms with Crippen LogP contribution in [0.2, 0.25) is 0 Å². The first-order chi connectivity index (χ1) is 12.3. The number of carbonyl (C=O) groups excluding carboxylic acids is 1. The minimum atomic E-state index is 0.0682. The zero-order valence-electron chi connectivity index (χ0n) is 14.5. The molecule has 2 aliphatic heterocycles. The highest BCUT2D eigenvalue weighted by molar-refractivity contribution is 5.92. The summed E-state index contributed by atoms with van der Waals surface area (Å²) in [6, 6.07) is 16.3. The molecule has 1 fully saturated rings. The van der Waals surface area contributed by atoms with Crippen LogP contribution in [0.5, 0.6) is 0 Å². The average molecular weight is 335 g/mol. The lowest BCUT2D eigenvalue weighted by molar-refractivity contribution is -0.121. The van der Waals surface area contributed by atoms with Gasteiger partial charge in [-0.05, 0) is 49.1 Å². The lowest BCUT2D eigenvalue weighted by Crippen LogP contribution is -2.40. The maximum absolute atomic E-state index is 12.6. The summed E-state index contributed by atoms with van der Waals surface area (Å²) in [4.78, 5) is 15.0. The summed E-state index contributed by atoms with van der Waals surface area (Å²) in [5.74, 6) is 0.214. The van der Waals surface area contributed by atoms with Crippen molar-refractivity contribution in [3.05, 3.63) is 59.7 Å². The zero-order chi connectivity index (χ0) is 17.1. The molecule has 2 aliphatic rings. The molecule has 0 saturated carbocycles. The minimum Gasteiger partial charge on any atom is -0.384 e. The van der Waals surface area contributed by atoms with Gasteiger partial charge in [-0.1, -0.05) is 36.4 Å². The second kappa shape index (κ2) is 7.28. The maximum Gasteiger partial charge on any atom is 0.228 e. The first-order valence-electron chi connectivity index (χ1n) is 9.22. The minimum absolute atomic E-state index is 0.0682. The number of carbonyl (C=O) groups is 1. The number of para-hydroxylation sites is 2. The molecule has 1 unspecified atom stereocenters. The molecule has 0 spiro atoms. The second-order valence-corrected chi connectivity index (χ2v) is 7.06. The fourth-order valence-corrected chi connectivity index (χ4v) is 3.96. The average Bonchev–Trinajstić information content (AvgIpc) is 3.13. The number of anilines is 2. The van der Waals surface area contributed by atoms with E-state index in [1.807, 2.05) is 30.3 Å². The molecule has 0 aliphatic carbocycles. The molecule has 4 heteroatoms. The zero-order valence-corrected chi connectivity index (χ0v) is 14.5. The number of hydrogen-bond acceptors (Lipinski definition) is 3. The third-order valence-electron chi connectivity index (χ3n) is 5.24. The van der Waals surface area contributed by atoms with Crippen LogP contribution in [0.4, 0.5) is 11.4 Å². The number of amides is 1. The van der Waals surface area contributed by atoms with E-state index in [0.717, 1.165) is 51.1 Å². The maximum atomic E-state index is 12.6. The van der Waals surface area contributed by atoms with Gasteiger partial charge in [0.1, 0.15) is 0 Å². The highest BCUT2D eigenvalue weighted by Crippen LogP contribution is 2.29. The smallest absolute Gasteiger partial charge is 0.228 e. The standard InChI is InChI=1S/C21H25N3O/c25-21(23-19-9-2-1-3-10-19)18-8-5-13-24(15-18)14-17-7-4-6-16-11-12-22-20(16)17/h1-4,6-7,9-10,18,22H,5,8,11-15H2,(H,23,25). The third-order valence-corrected chi connectivity index (χ3v) is 5.24. The van der Waals surface area contributed by atoms with Crippen molar-refractivity contribution in [2.75, 3.05) is 30.3 Å². The van der Waals surface area contributed by atoms with E-state index in [4.69, 9.17) is 0 Å². The van der Waals surface area contributed by atoms with Crippen molar-refractivity contribution < 1.29 is 4.79 Å². The number of fused-ring (bicyclic) bond motifs is 1. The van der Waals surface area contributed by atoms with Crippen molar-refractivity contribution in [1.29, 1.82) is 0 Å². The Morgan fingerprint density at radius 3 is 2.92 bits per heavy atom. The number of nitrogens with one attached hydrogen (secondary N) is 2. The topological polar surface area (TPSA) is 44.4 Å². The fraction of sp³-hybridized carbons (Fsp3) is 0.381. The molecule has 1 atom stereocenters. The summed E-state index contributed by atoms with van der Waals surface area (Å²) in [5.41, 5.74) is 4.99. The summed E-state index contributed by atoms with van der Waals surface area (Å²) < 4.78 is 0. The number of likely N-dealkylation sites (tertiary alicyclic amines) is 1. The van der Waals surface area contributed by atoms with Gasteiger partial charge in [-0.15, -0.1) is 0 Å². The van der Waals surface area contributed by atoms with Crippen LogP contribution in [-0.4, -0.2) is 30.4 Å². The van der Waals surface area contributed by atoms with Gasteiger partial charge in [-0.25, -0.2) is 0 Å². The molecule has 0 radical (unpaired) electrons. The highest BCUT2D eigenvalue weighted by Gasteiger charge is 2.26. The van der Waals surface area contributed by atoms with E-state index in [1.54, 1.807) is 0 Å². The Morgan fingerprint density at radius 2 is 2.04 bits per heavy atom. The molecule has 2 aromatic carbocycles. The number of nitrogens with zero attached hydrogens (tertiary/aromatic N) is 1. The van der Waals surface area contributed by atoms with E-state index in [1.165, 1.54) is 16.8 Å². The van der Waals surface area contributed by atoms with E-state index >= 15 is 0 Å². The number of benzene rings is 2. The Labute approximate surface area is 149 Å². The molecule has 1 amide bonds. The molecule has 25 heavy (non-hydrogen) atoms. The van der Waals surface area contributed by atoms with E-state index in [0.29, 0.717) is 0 Å². The van der Waals surface area contributed by atoms with E-state index < -0.39 is 0 Å². The van der Waals surface area contributed by atoms with Gasteiger partial charge in [0.25, 0.3) is 0 Å². The van der Waals surface area contributed by atoms with Crippen molar-refractivity contribution in [3.63, 3.8) is 0 Å². The quantitative estimate of drug-likeness (QED) is 0.899. The first-order valence-corrected chi connectivity index (χ1v) is 9.22. The van der Waals surface area contributed by atoms with Crippen molar-refractivity contribution in [2.24, 2.45) is 5.92 Å². The molecule has 2 heterocycles. The molecule has 1 saturated heterocycles. The Morgan fingerprint density at radius 1 is 1.16 bits per heavy atom. The van der Waals surface area contributed by atoms with Crippen molar-refractivity contribution in [1.82, 2.24) is 4.90 Å². The third kappa shape index (κ3) is 3.69. The number of rotatable bonds is 4. The molecule has 2 aromatic rings. The van der Waals surface area contributed by atoms with Gasteiger partial charge in [0.15, 0.2) is 0 Å². The van der Waals surface area contributed by atoms with Crippen LogP contribution in [0.15, 0.2) is 48.5 Å². The first kappa shape index (κ1) is 16.2. The van der Waals surface area contributed by atoms with Crippen LogP contribution in [-0.2, 0) is 17.8 Å². The predicted octanol–water partition coefficient (Wildman–Crippen LogP) is 3.51. The van der Waals surface area contributed by atoms with Crippen LogP contribution < -0.4 is 10.6 Å². The highest BCUT2D eigenvalue weighted by atomic mass is 16.1. The lowest BCUT2D eigenvalue weighted by Gasteiger charge is -2.32. The van der Waals surface area contributed by atoms with Crippen molar-refractivity contribution >= 4 is 17.3 Å². The lowest BCUT2D eigenvalue weighted by atomic mass is 9.96.